The summed E-state index contributed by atoms with van der Waals surface area (Å²) >= 11 is 2.01. The van der Waals surface area contributed by atoms with Crippen molar-refractivity contribution in [1.29, 1.82) is 0 Å². The van der Waals surface area contributed by atoms with Gasteiger partial charge in [0, 0.05) is 36.2 Å². The number of nitrogens with zero attached hydrogens (tertiary/aromatic N) is 3. The first kappa shape index (κ1) is 14.2. The Labute approximate surface area is 119 Å². The molecule has 5 nitrogen and oxygen atoms in total. The topological polar surface area (TPSA) is 67.1 Å². The summed E-state index contributed by atoms with van der Waals surface area (Å²) in [5, 5.41) is 3.89. The summed E-state index contributed by atoms with van der Waals surface area (Å²) in [5.41, 5.74) is 5.82. The lowest BCUT2D eigenvalue weighted by molar-refractivity contribution is 0.620. The van der Waals surface area contributed by atoms with Crippen molar-refractivity contribution in [1.82, 2.24) is 9.97 Å². The first-order chi connectivity index (χ1) is 9.11. The van der Waals surface area contributed by atoms with Gasteiger partial charge in [-0.2, -0.15) is 21.7 Å². The van der Waals surface area contributed by atoms with Crippen LogP contribution in [0.1, 0.15) is 27.2 Å². The van der Waals surface area contributed by atoms with Crippen LogP contribution in [0, 0.1) is 0 Å². The molecule has 0 aliphatic carbocycles. The molecule has 1 saturated heterocycles. The zero-order chi connectivity index (χ0) is 13.8. The summed E-state index contributed by atoms with van der Waals surface area (Å²) in [5.74, 6) is 3.23. The van der Waals surface area contributed by atoms with E-state index < -0.39 is 0 Å². The van der Waals surface area contributed by atoms with Crippen molar-refractivity contribution in [2.24, 2.45) is 0 Å². The van der Waals surface area contributed by atoms with Gasteiger partial charge in [-0.15, -0.1) is 0 Å². The first-order valence-corrected chi connectivity index (χ1v) is 7.93. The number of aromatic nitrogens is 2. The van der Waals surface area contributed by atoms with Crippen LogP contribution in [0.2, 0.25) is 0 Å². The summed E-state index contributed by atoms with van der Waals surface area (Å²) in [6, 6.07) is 2.47. The number of nitrogen functional groups attached to an aromatic ring is 1. The summed E-state index contributed by atoms with van der Waals surface area (Å²) in [7, 11) is 0. The largest absolute Gasteiger partial charge is 0.370 e. The van der Waals surface area contributed by atoms with Crippen molar-refractivity contribution in [2.75, 3.05) is 34.8 Å². The van der Waals surface area contributed by atoms with E-state index in [0.717, 1.165) is 36.9 Å². The maximum Gasteiger partial charge on any atom is 0.223 e. The predicted molar refractivity (Wildman–Crippen MR) is 84.0 cm³/mol. The third-order valence-corrected chi connectivity index (χ3v) is 4.80. The number of thioether (sulfide) groups is 1. The Morgan fingerprint density at radius 1 is 1.47 bits per heavy atom. The highest BCUT2D eigenvalue weighted by molar-refractivity contribution is 8.00. The Balaban J connectivity index is 2.20. The minimum Gasteiger partial charge on any atom is -0.370 e. The molecule has 19 heavy (non-hydrogen) atoms. The SMILES string of the molecule is CCCNc1cc(N2CCSC(C)C2C)nc(N)n1. The van der Waals surface area contributed by atoms with Crippen molar-refractivity contribution >= 4 is 29.3 Å². The van der Waals surface area contributed by atoms with Crippen LogP contribution in [0.25, 0.3) is 0 Å². The Bertz CT molecular complexity index is 425. The molecule has 2 rings (SSSR count). The molecular weight excluding hydrogens is 258 g/mol. The number of rotatable bonds is 4. The fourth-order valence-electron chi connectivity index (χ4n) is 2.20. The van der Waals surface area contributed by atoms with Crippen LogP contribution in [-0.4, -0.2) is 40.1 Å². The van der Waals surface area contributed by atoms with Crippen LogP contribution in [0.3, 0.4) is 0 Å². The predicted octanol–water partition coefficient (Wildman–Crippen LogP) is 2.21. The summed E-state index contributed by atoms with van der Waals surface area (Å²) in [6.45, 7) is 8.55. The molecule has 0 amide bonds. The summed E-state index contributed by atoms with van der Waals surface area (Å²) in [4.78, 5) is 11.0. The van der Waals surface area contributed by atoms with Crippen LogP contribution in [0.15, 0.2) is 6.07 Å². The molecule has 1 aromatic heterocycles. The van der Waals surface area contributed by atoms with E-state index in [9.17, 15) is 0 Å². The van der Waals surface area contributed by atoms with Gasteiger partial charge in [-0.25, -0.2) is 0 Å². The zero-order valence-corrected chi connectivity index (χ0v) is 12.7. The molecule has 106 valence electrons. The highest BCUT2D eigenvalue weighted by atomic mass is 32.2. The average Bonchev–Trinajstić information content (AvgIpc) is 2.39. The molecular formula is C13H23N5S. The van der Waals surface area contributed by atoms with Gasteiger partial charge in [0.1, 0.15) is 11.6 Å². The standard InChI is InChI=1S/C13H23N5S/c1-4-5-15-11-8-12(17-13(14)16-11)18-6-7-19-10(3)9(18)2/h8-10H,4-7H2,1-3H3,(H3,14,15,16,17). The molecule has 2 heterocycles. The lowest BCUT2D eigenvalue weighted by Crippen LogP contribution is -2.45. The molecule has 0 aromatic carbocycles. The molecule has 2 atom stereocenters. The molecule has 1 fully saturated rings. The van der Waals surface area contributed by atoms with Crippen LogP contribution in [0.4, 0.5) is 17.6 Å². The number of nitrogens with two attached hydrogens (primary N) is 1. The van der Waals surface area contributed by atoms with Gasteiger partial charge in [-0.05, 0) is 13.3 Å². The van der Waals surface area contributed by atoms with Gasteiger partial charge in [-0.1, -0.05) is 13.8 Å². The smallest absolute Gasteiger partial charge is 0.223 e. The minimum absolute atomic E-state index is 0.342. The number of hydrogen-bond acceptors (Lipinski definition) is 6. The molecule has 1 aliphatic heterocycles. The lowest BCUT2D eigenvalue weighted by atomic mass is 10.2. The second kappa shape index (κ2) is 6.32. The van der Waals surface area contributed by atoms with Crippen LogP contribution in [-0.2, 0) is 0 Å². The molecule has 3 N–H and O–H groups in total. The van der Waals surface area contributed by atoms with Crippen LogP contribution < -0.4 is 16.0 Å². The normalized spacial score (nSPS) is 23.4. The number of anilines is 3. The molecule has 1 aromatic rings. The maximum atomic E-state index is 5.82. The molecule has 0 bridgehead atoms. The van der Waals surface area contributed by atoms with Gasteiger partial charge in [-0.3, -0.25) is 0 Å². The van der Waals surface area contributed by atoms with E-state index in [4.69, 9.17) is 5.73 Å². The minimum atomic E-state index is 0.342. The fraction of sp³-hybridized carbons (Fsp3) is 0.692. The van der Waals surface area contributed by atoms with Crippen molar-refractivity contribution < 1.29 is 0 Å². The average molecular weight is 281 g/mol. The Hall–Kier alpha value is -1.17. The van der Waals surface area contributed by atoms with E-state index in [0.29, 0.717) is 17.2 Å². The van der Waals surface area contributed by atoms with E-state index in [2.05, 4.69) is 41.0 Å². The third kappa shape index (κ3) is 3.43. The van der Waals surface area contributed by atoms with Gasteiger partial charge < -0.3 is 16.0 Å². The molecule has 1 aliphatic rings. The van der Waals surface area contributed by atoms with Crippen LogP contribution >= 0.6 is 11.8 Å². The van der Waals surface area contributed by atoms with E-state index in [1.807, 2.05) is 17.8 Å². The van der Waals surface area contributed by atoms with Gasteiger partial charge in [0.05, 0.1) is 0 Å². The zero-order valence-electron chi connectivity index (χ0n) is 11.9. The van der Waals surface area contributed by atoms with Gasteiger partial charge in [0.2, 0.25) is 5.95 Å². The highest BCUT2D eigenvalue weighted by Crippen LogP contribution is 2.29. The second-order valence-corrected chi connectivity index (χ2v) is 6.39. The van der Waals surface area contributed by atoms with E-state index in [-0.39, 0.29) is 0 Å². The quantitative estimate of drug-likeness (QED) is 0.882. The molecule has 0 radical (unpaired) electrons. The Morgan fingerprint density at radius 2 is 2.26 bits per heavy atom. The summed E-state index contributed by atoms with van der Waals surface area (Å²) in [6.07, 6.45) is 1.06. The fourth-order valence-corrected chi connectivity index (χ4v) is 3.30. The number of nitrogens with one attached hydrogen (secondary N) is 1. The van der Waals surface area contributed by atoms with Crippen molar-refractivity contribution in [2.45, 2.75) is 38.5 Å². The first-order valence-electron chi connectivity index (χ1n) is 6.88. The van der Waals surface area contributed by atoms with Gasteiger partial charge >= 0.3 is 0 Å². The molecule has 0 saturated carbocycles. The van der Waals surface area contributed by atoms with E-state index in [1.54, 1.807) is 0 Å². The second-order valence-electron chi connectivity index (χ2n) is 4.91. The third-order valence-electron chi connectivity index (χ3n) is 3.46. The van der Waals surface area contributed by atoms with Gasteiger partial charge in [0.15, 0.2) is 0 Å². The van der Waals surface area contributed by atoms with Crippen LogP contribution in [0.5, 0.6) is 0 Å². The van der Waals surface area contributed by atoms with E-state index >= 15 is 0 Å². The Kier molecular flexibility index (Phi) is 4.74. The molecule has 2 unspecified atom stereocenters. The van der Waals surface area contributed by atoms with Crippen molar-refractivity contribution in [3.8, 4) is 0 Å². The molecule has 0 spiro atoms. The van der Waals surface area contributed by atoms with E-state index in [1.165, 1.54) is 0 Å². The summed E-state index contributed by atoms with van der Waals surface area (Å²) < 4.78 is 0. The monoisotopic (exact) mass is 281 g/mol. The Morgan fingerprint density at radius 3 is 3.00 bits per heavy atom. The van der Waals surface area contributed by atoms with Gasteiger partial charge in [0.25, 0.3) is 0 Å². The highest BCUT2D eigenvalue weighted by Gasteiger charge is 2.26. The van der Waals surface area contributed by atoms with Crippen molar-refractivity contribution in [3.63, 3.8) is 0 Å². The maximum absolute atomic E-state index is 5.82. The molecule has 6 heteroatoms. The lowest BCUT2D eigenvalue weighted by Gasteiger charge is -2.38. The van der Waals surface area contributed by atoms with Crippen molar-refractivity contribution in [3.05, 3.63) is 6.07 Å². The number of hydrogen-bond donors (Lipinski definition) is 2.